The number of halogens is 2. The lowest BCUT2D eigenvalue weighted by atomic mass is 10.2. The Hall–Kier alpha value is -1.73. The minimum atomic E-state index is -0.676. The third-order valence-electron chi connectivity index (χ3n) is 2.28. The van der Waals surface area contributed by atoms with Crippen molar-refractivity contribution in [3.63, 3.8) is 0 Å². The molecule has 1 heterocycles. The molecule has 0 amide bonds. The summed E-state index contributed by atoms with van der Waals surface area (Å²) >= 11 is 8.98. The average Bonchev–Trinajstić information content (AvgIpc) is 2.33. The second-order valence-corrected chi connectivity index (χ2v) is 4.86. The molecular formula is C11H7BrClN3O3. The summed E-state index contributed by atoms with van der Waals surface area (Å²) in [6.45, 7) is 1.82. The van der Waals surface area contributed by atoms with Crippen LogP contribution in [-0.4, -0.2) is 14.9 Å². The minimum Gasteiger partial charge on any atom is -0.433 e. The van der Waals surface area contributed by atoms with E-state index < -0.39 is 10.6 Å². The summed E-state index contributed by atoms with van der Waals surface area (Å²) in [5.41, 5.74) is 0.357. The fraction of sp³-hybridized carbons (Fsp3) is 0.0909. The van der Waals surface area contributed by atoms with E-state index in [0.29, 0.717) is 5.75 Å². The Labute approximate surface area is 121 Å². The summed E-state index contributed by atoms with van der Waals surface area (Å²) < 4.78 is 6.24. The average molecular weight is 345 g/mol. The molecule has 98 valence electrons. The van der Waals surface area contributed by atoms with E-state index in [9.17, 15) is 10.1 Å². The predicted molar refractivity (Wildman–Crippen MR) is 72.6 cm³/mol. The van der Waals surface area contributed by atoms with Crippen LogP contribution in [0.3, 0.4) is 0 Å². The molecule has 0 N–H and O–H groups in total. The highest BCUT2D eigenvalue weighted by Crippen LogP contribution is 2.35. The van der Waals surface area contributed by atoms with E-state index in [1.54, 1.807) is 6.07 Å². The zero-order chi connectivity index (χ0) is 14.0. The Morgan fingerprint density at radius 3 is 2.84 bits per heavy atom. The molecule has 19 heavy (non-hydrogen) atoms. The molecule has 0 aliphatic rings. The van der Waals surface area contributed by atoms with Gasteiger partial charge in [0.1, 0.15) is 12.1 Å². The van der Waals surface area contributed by atoms with Crippen LogP contribution >= 0.6 is 27.5 Å². The van der Waals surface area contributed by atoms with Gasteiger partial charge in [-0.05, 0) is 24.6 Å². The standard InChI is InChI=1S/C11H7BrClN3O3/c1-6-2-3-7(12)4-8(6)19-11-9(16(17)18)10(13)14-5-15-11/h2-5H,1H3. The molecule has 2 rings (SSSR count). The van der Waals surface area contributed by atoms with Gasteiger partial charge in [0.15, 0.2) is 0 Å². The number of nitrogens with zero attached hydrogens (tertiary/aromatic N) is 3. The lowest BCUT2D eigenvalue weighted by molar-refractivity contribution is -0.386. The van der Waals surface area contributed by atoms with Gasteiger partial charge in [0.25, 0.3) is 0 Å². The molecule has 0 spiro atoms. The van der Waals surface area contributed by atoms with Crippen LogP contribution in [0.4, 0.5) is 5.69 Å². The smallest absolute Gasteiger partial charge is 0.368 e. The van der Waals surface area contributed by atoms with Crippen LogP contribution in [0.15, 0.2) is 29.0 Å². The van der Waals surface area contributed by atoms with Crippen molar-refractivity contribution in [3.05, 3.63) is 49.8 Å². The van der Waals surface area contributed by atoms with E-state index in [1.165, 1.54) is 0 Å². The molecule has 0 aliphatic heterocycles. The molecule has 0 saturated carbocycles. The van der Waals surface area contributed by atoms with Gasteiger partial charge in [-0.1, -0.05) is 33.6 Å². The topological polar surface area (TPSA) is 78.2 Å². The fourth-order valence-corrected chi connectivity index (χ4v) is 1.89. The first-order chi connectivity index (χ1) is 8.99. The number of rotatable bonds is 3. The van der Waals surface area contributed by atoms with Gasteiger partial charge in [-0.25, -0.2) is 4.98 Å². The molecule has 2 aromatic rings. The number of hydrogen-bond donors (Lipinski definition) is 0. The van der Waals surface area contributed by atoms with Crippen molar-refractivity contribution in [1.29, 1.82) is 0 Å². The number of aromatic nitrogens is 2. The Morgan fingerprint density at radius 2 is 2.16 bits per heavy atom. The summed E-state index contributed by atoms with van der Waals surface area (Å²) in [7, 11) is 0. The largest absolute Gasteiger partial charge is 0.433 e. The highest BCUT2D eigenvalue weighted by Gasteiger charge is 2.24. The molecule has 0 aliphatic carbocycles. The Bertz CT molecular complexity index is 651. The van der Waals surface area contributed by atoms with Crippen LogP contribution in [0.5, 0.6) is 11.6 Å². The van der Waals surface area contributed by atoms with Gasteiger partial charge in [0, 0.05) is 4.47 Å². The molecule has 0 fully saturated rings. The molecule has 1 aromatic carbocycles. The predicted octanol–water partition coefficient (Wildman–Crippen LogP) is 3.90. The van der Waals surface area contributed by atoms with E-state index in [-0.39, 0.29) is 11.0 Å². The summed E-state index contributed by atoms with van der Waals surface area (Å²) in [4.78, 5) is 17.6. The van der Waals surface area contributed by atoms with Crippen LogP contribution in [0.2, 0.25) is 5.15 Å². The molecule has 1 aromatic heterocycles. The van der Waals surface area contributed by atoms with E-state index in [4.69, 9.17) is 16.3 Å². The van der Waals surface area contributed by atoms with Gasteiger partial charge in [-0.3, -0.25) is 10.1 Å². The Balaban J connectivity index is 2.46. The van der Waals surface area contributed by atoms with Crippen molar-refractivity contribution >= 4 is 33.2 Å². The van der Waals surface area contributed by atoms with Gasteiger partial charge in [-0.2, -0.15) is 4.98 Å². The van der Waals surface area contributed by atoms with Crippen LogP contribution < -0.4 is 4.74 Å². The van der Waals surface area contributed by atoms with Crippen LogP contribution in [-0.2, 0) is 0 Å². The van der Waals surface area contributed by atoms with E-state index in [2.05, 4.69) is 25.9 Å². The molecule has 6 nitrogen and oxygen atoms in total. The fourth-order valence-electron chi connectivity index (χ4n) is 1.36. The maximum Gasteiger partial charge on any atom is 0.368 e. The highest BCUT2D eigenvalue weighted by atomic mass is 79.9. The summed E-state index contributed by atoms with van der Waals surface area (Å²) in [5, 5.41) is 10.7. The van der Waals surface area contributed by atoms with Crippen molar-refractivity contribution in [2.75, 3.05) is 0 Å². The lowest BCUT2D eigenvalue weighted by Crippen LogP contribution is -1.99. The second-order valence-electron chi connectivity index (χ2n) is 3.59. The number of aryl methyl sites for hydroxylation is 1. The third-order valence-corrected chi connectivity index (χ3v) is 3.05. The number of ether oxygens (including phenoxy) is 1. The molecule has 0 atom stereocenters. The maximum absolute atomic E-state index is 10.9. The number of benzene rings is 1. The SMILES string of the molecule is Cc1ccc(Br)cc1Oc1ncnc(Cl)c1[N+](=O)[O-]. The quantitative estimate of drug-likeness (QED) is 0.479. The lowest BCUT2D eigenvalue weighted by Gasteiger charge is -2.08. The molecule has 0 bridgehead atoms. The number of nitro groups is 1. The van der Waals surface area contributed by atoms with Crippen molar-refractivity contribution in [3.8, 4) is 11.6 Å². The summed E-state index contributed by atoms with van der Waals surface area (Å²) in [5.74, 6) is 0.262. The second kappa shape index (κ2) is 5.50. The Morgan fingerprint density at radius 1 is 1.42 bits per heavy atom. The first kappa shape index (κ1) is 13.7. The molecule has 0 unspecified atom stereocenters. The molecule has 8 heteroatoms. The monoisotopic (exact) mass is 343 g/mol. The van der Waals surface area contributed by atoms with Gasteiger partial charge >= 0.3 is 11.6 Å². The van der Waals surface area contributed by atoms with Crippen molar-refractivity contribution < 1.29 is 9.66 Å². The van der Waals surface area contributed by atoms with Crippen molar-refractivity contribution in [1.82, 2.24) is 9.97 Å². The minimum absolute atomic E-state index is 0.189. The zero-order valence-corrected chi connectivity index (χ0v) is 12.0. The first-order valence-corrected chi connectivity index (χ1v) is 6.25. The molecular weight excluding hydrogens is 337 g/mol. The van der Waals surface area contributed by atoms with Crippen LogP contribution in [0.1, 0.15) is 5.56 Å². The first-order valence-electron chi connectivity index (χ1n) is 5.08. The van der Waals surface area contributed by atoms with Gasteiger partial charge in [-0.15, -0.1) is 0 Å². The van der Waals surface area contributed by atoms with Gasteiger partial charge in [0.05, 0.1) is 4.92 Å². The van der Waals surface area contributed by atoms with Crippen LogP contribution in [0.25, 0.3) is 0 Å². The molecule has 0 radical (unpaired) electrons. The van der Waals surface area contributed by atoms with E-state index >= 15 is 0 Å². The normalized spacial score (nSPS) is 10.3. The van der Waals surface area contributed by atoms with Gasteiger partial charge in [0.2, 0.25) is 5.15 Å². The van der Waals surface area contributed by atoms with E-state index in [0.717, 1.165) is 16.4 Å². The van der Waals surface area contributed by atoms with E-state index in [1.807, 2.05) is 19.1 Å². The summed E-state index contributed by atoms with van der Waals surface area (Å²) in [6, 6.07) is 5.34. The maximum atomic E-state index is 10.9. The molecule has 0 saturated heterocycles. The summed E-state index contributed by atoms with van der Waals surface area (Å²) in [6.07, 6.45) is 1.11. The zero-order valence-electron chi connectivity index (χ0n) is 9.63. The number of hydrogen-bond acceptors (Lipinski definition) is 5. The van der Waals surface area contributed by atoms with Crippen LogP contribution in [0, 0.1) is 17.0 Å². The Kier molecular flexibility index (Phi) is 3.96. The van der Waals surface area contributed by atoms with Crippen molar-refractivity contribution in [2.24, 2.45) is 0 Å². The van der Waals surface area contributed by atoms with Gasteiger partial charge < -0.3 is 4.74 Å². The van der Waals surface area contributed by atoms with Crippen molar-refractivity contribution in [2.45, 2.75) is 6.92 Å². The highest BCUT2D eigenvalue weighted by molar-refractivity contribution is 9.10. The third kappa shape index (κ3) is 2.99.